The molecule has 1 saturated heterocycles. The Morgan fingerprint density at radius 3 is 2.74 bits per heavy atom. The molecule has 0 aromatic carbocycles. The Bertz CT molecular complexity index is 455. The van der Waals surface area contributed by atoms with Crippen LogP contribution in [-0.4, -0.2) is 41.7 Å². The number of carbonyl (C=O) groups excluding carboxylic acids is 1. The Morgan fingerprint density at radius 2 is 2.16 bits per heavy atom. The topological polar surface area (TPSA) is 88.5 Å². The number of nitrogens with one attached hydrogen (secondary N) is 1. The number of hydrogen-bond acceptors (Lipinski definition) is 4. The van der Waals surface area contributed by atoms with Gasteiger partial charge in [0.15, 0.2) is 0 Å². The Kier molecular flexibility index (Phi) is 4.11. The van der Waals surface area contributed by atoms with Crippen LogP contribution in [0.1, 0.15) is 23.2 Å². The van der Waals surface area contributed by atoms with Crippen molar-refractivity contribution in [3.05, 3.63) is 30.1 Å². The molecule has 0 saturated carbocycles. The van der Waals surface area contributed by atoms with Gasteiger partial charge in [-0.25, -0.2) is 0 Å². The van der Waals surface area contributed by atoms with Gasteiger partial charge in [-0.1, -0.05) is 0 Å². The number of aliphatic carboxylic acids is 1. The number of hydrogen-bond donors (Lipinski definition) is 2. The lowest BCUT2D eigenvalue weighted by atomic mass is 9.80. The molecule has 0 unspecified atom stereocenters. The molecule has 1 aromatic heterocycles. The molecule has 102 valence electrons. The average molecular weight is 264 g/mol. The summed E-state index contributed by atoms with van der Waals surface area (Å²) in [5.74, 6) is -1.19. The van der Waals surface area contributed by atoms with Gasteiger partial charge < -0.3 is 15.2 Å². The van der Waals surface area contributed by atoms with Crippen molar-refractivity contribution in [1.29, 1.82) is 0 Å². The van der Waals surface area contributed by atoms with E-state index in [9.17, 15) is 14.7 Å². The molecule has 0 spiro atoms. The van der Waals surface area contributed by atoms with Crippen molar-refractivity contribution < 1.29 is 19.4 Å². The maximum absolute atomic E-state index is 11.9. The summed E-state index contributed by atoms with van der Waals surface area (Å²) in [5, 5.41) is 12.0. The third-order valence-corrected chi connectivity index (χ3v) is 3.41. The molecule has 1 aromatic rings. The van der Waals surface area contributed by atoms with Crippen LogP contribution in [0.2, 0.25) is 0 Å². The van der Waals surface area contributed by atoms with Gasteiger partial charge in [0.05, 0.1) is 11.0 Å². The standard InChI is InChI=1S/C13H16N2O4/c16-11(10-2-1-5-14-8-10)15-9-13(12(17)18)3-6-19-7-4-13/h1-2,5,8H,3-4,6-7,9H2,(H,15,16)(H,17,18). The first-order valence-electron chi connectivity index (χ1n) is 6.13. The summed E-state index contributed by atoms with van der Waals surface area (Å²) >= 11 is 0. The van der Waals surface area contributed by atoms with Crippen molar-refractivity contribution in [2.24, 2.45) is 5.41 Å². The molecule has 0 bridgehead atoms. The summed E-state index contributed by atoms with van der Waals surface area (Å²) in [6.07, 6.45) is 3.85. The first-order valence-corrected chi connectivity index (χ1v) is 6.13. The maximum Gasteiger partial charge on any atom is 0.311 e. The molecular weight excluding hydrogens is 248 g/mol. The highest BCUT2D eigenvalue weighted by molar-refractivity contribution is 5.94. The highest BCUT2D eigenvalue weighted by Gasteiger charge is 2.40. The molecule has 2 rings (SSSR count). The number of nitrogens with zero attached hydrogens (tertiary/aromatic N) is 1. The Balaban J connectivity index is 2.00. The minimum absolute atomic E-state index is 0.111. The van der Waals surface area contributed by atoms with E-state index in [0.717, 1.165) is 0 Å². The van der Waals surface area contributed by atoms with Gasteiger partial charge in [-0.2, -0.15) is 0 Å². The van der Waals surface area contributed by atoms with E-state index >= 15 is 0 Å². The fourth-order valence-corrected chi connectivity index (χ4v) is 2.08. The SMILES string of the molecule is O=C(NCC1(C(=O)O)CCOCC1)c1cccnc1. The van der Waals surface area contributed by atoms with Crippen LogP contribution in [0.25, 0.3) is 0 Å². The number of rotatable bonds is 4. The second-order valence-corrected chi connectivity index (χ2v) is 4.62. The minimum Gasteiger partial charge on any atom is -0.481 e. The van der Waals surface area contributed by atoms with Gasteiger partial charge in [0.25, 0.3) is 5.91 Å². The Morgan fingerprint density at radius 1 is 1.42 bits per heavy atom. The van der Waals surface area contributed by atoms with E-state index in [-0.39, 0.29) is 12.5 Å². The average Bonchev–Trinajstić information content (AvgIpc) is 2.46. The van der Waals surface area contributed by atoms with Crippen molar-refractivity contribution in [2.45, 2.75) is 12.8 Å². The van der Waals surface area contributed by atoms with Crippen LogP contribution in [0, 0.1) is 5.41 Å². The zero-order chi connectivity index (χ0) is 13.7. The number of carboxylic acid groups (broad SMARTS) is 1. The molecule has 1 aliphatic heterocycles. The molecule has 6 nitrogen and oxygen atoms in total. The van der Waals surface area contributed by atoms with Crippen LogP contribution in [0.4, 0.5) is 0 Å². The molecule has 0 atom stereocenters. The van der Waals surface area contributed by atoms with Gasteiger partial charge in [-0.05, 0) is 25.0 Å². The van der Waals surface area contributed by atoms with Crippen molar-refractivity contribution in [3.63, 3.8) is 0 Å². The normalized spacial score (nSPS) is 17.7. The Hall–Kier alpha value is -1.95. The van der Waals surface area contributed by atoms with Crippen LogP contribution >= 0.6 is 0 Å². The largest absolute Gasteiger partial charge is 0.481 e. The van der Waals surface area contributed by atoms with Crippen molar-refractivity contribution in [2.75, 3.05) is 19.8 Å². The number of aromatic nitrogens is 1. The van der Waals surface area contributed by atoms with Crippen LogP contribution < -0.4 is 5.32 Å². The molecule has 6 heteroatoms. The molecule has 0 radical (unpaired) electrons. The summed E-state index contributed by atoms with van der Waals surface area (Å²) in [4.78, 5) is 27.1. The lowest BCUT2D eigenvalue weighted by Gasteiger charge is -2.33. The first kappa shape index (κ1) is 13.5. The van der Waals surface area contributed by atoms with Gasteiger partial charge in [0.1, 0.15) is 0 Å². The van der Waals surface area contributed by atoms with E-state index in [2.05, 4.69) is 10.3 Å². The zero-order valence-electron chi connectivity index (χ0n) is 10.5. The predicted octanol–water partition coefficient (Wildman–Crippen LogP) is 0.693. The molecule has 1 fully saturated rings. The smallest absolute Gasteiger partial charge is 0.311 e. The summed E-state index contributed by atoms with van der Waals surface area (Å²) in [7, 11) is 0. The van der Waals surface area contributed by atoms with Crippen LogP contribution in [-0.2, 0) is 9.53 Å². The van der Waals surface area contributed by atoms with E-state index in [1.165, 1.54) is 6.20 Å². The molecule has 0 aliphatic carbocycles. The lowest BCUT2D eigenvalue weighted by Crippen LogP contribution is -2.46. The Labute approximate surface area is 110 Å². The molecule has 2 heterocycles. The van der Waals surface area contributed by atoms with Crippen LogP contribution in [0.3, 0.4) is 0 Å². The maximum atomic E-state index is 11.9. The van der Waals surface area contributed by atoms with E-state index in [0.29, 0.717) is 31.6 Å². The van der Waals surface area contributed by atoms with E-state index in [1.54, 1.807) is 18.3 Å². The van der Waals surface area contributed by atoms with E-state index in [1.807, 2.05) is 0 Å². The van der Waals surface area contributed by atoms with Crippen LogP contribution in [0.15, 0.2) is 24.5 Å². The molecule has 1 amide bonds. The lowest BCUT2D eigenvalue weighted by molar-refractivity contribution is -0.154. The second kappa shape index (κ2) is 5.79. The van der Waals surface area contributed by atoms with E-state index < -0.39 is 11.4 Å². The highest BCUT2D eigenvalue weighted by Crippen LogP contribution is 2.30. The predicted molar refractivity (Wildman–Crippen MR) is 66.7 cm³/mol. The number of carboxylic acids is 1. The van der Waals surface area contributed by atoms with Gasteiger partial charge in [-0.15, -0.1) is 0 Å². The van der Waals surface area contributed by atoms with Gasteiger partial charge in [-0.3, -0.25) is 14.6 Å². The molecule has 19 heavy (non-hydrogen) atoms. The van der Waals surface area contributed by atoms with Crippen LogP contribution in [0.5, 0.6) is 0 Å². The molecule has 1 aliphatic rings. The second-order valence-electron chi connectivity index (χ2n) is 4.62. The van der Waals surface area contributed by atoms with Gasteiger partial charge in [0, 0.05) is 32.2 Å². The highest BCUT2D eigenvalue weighted by atomic mass is 16.5. The summed E-state index contributed by atoms with van der Waals surface area (Å²) in [6, 6.07) is 3.30. The summed E-state index contributed by atoms with van der Waals surface area (Å²) in [5.41, 5.74) is -0.495. The fourth-order valence-electron chi connectivity index (χ4n) is 2.08. The molecular formula is C13H16N2O4. The zero-order valence-corrected chi connectivity index (χ0v) is 10.5. The molecule has 2 N–H and O–H groups in total. The first-order chi connectivity index (χ1) is 9.14. The number of ether oxygens (including phenoxy) is 1. The van der Waals surface area contributed by atoms with Crippen molar-refractivity contribution >= 4 is 11.9 Å². The number of pyridine rings is 1. The monoisotopic (exact) mass is 264 g/mol. The number of carbonyl (C=O) groups is 2. The summed E-state index contributed by atoms with van der Waals surface area (Å²) < 4.78 is 5.18. The van der Waals surface area contributed by atoms with Crippen molar-refractivity contribution in [3.8, 4) is 0 Å². The van der Waals surface area contributed by atoms with Gasteiger partial charge in [0.2, 0.25) is 0 Å². The quantitative estimate of drug-likeness (QED) is 0.835. The third-order valence-electron chi connectivity index (χ3n) is 3.41. The van der Waals surface area contributed by atoms with Gasteiger partial charge >= 0.3 is 5.97 Å². The van der Waals surface area contributed by atoms with Crippen molar-refractivity contribution in [1.82, 2.24) is 10.3 Å². The third kappa shape index (κ3) is 3.08. The fraction of sp³-hybridized carbons (Fsp3) is 0.462. The van der Waals surface area contributed by atoms with E-state index in [4.69, 9.17) is 4.74 Å². The number of amides is 1. The summed E-state index contributed by atoms with van der Waals surface area (Å²) in [6.45, 7) is 0.934. The minimum atomic E-state index is -0.921.